The topological polar surface area (TPSA) is 89.4 Å². The van der Waals surface area contributed by atoms with Crippen molar-refractivity contribution >= 4 is 43.7 Å². The number of hydrogen-bond acceptors (Lipinski definition) is 5. The fourth-order valence-corrected chi connectivity index (χ4v) is 5.98. The number of para-hydroxylation sites is 2. The second-order valence-electron chi connectivity index (χ2n) is 12.2. The van der Waals surface area contributed by atoms with Crippen LogP contribution in [0.1, 0.15) is 38.8 Å². The van der Waals surface area contributed by atoms with Gasteiger partial charge in [0.05, 0.1) is 51.0 Å². The number of nitriles is 1. The smallest absolute Gasteiger partial charge is 0.293 e. The molecule has 0 fully saturated rings. The molecule has 0 saturated carbocycles. The van der Waals surface area contributed by atoms with Crippen molar-refractivity contribution in [3.05, 3.63) is 143 Å². The molecule has 0 aliphatic rings. The number of benzene rings is 4. The van der Waals surface area contributed by atoms with Crippen molar-refractivity contribution in [3.63, 3.8) is 0 Å². The van der Waals surface area contributed by atoms with E-state index in [2.05, 4.69) is 52.2 Å². The molecule has 49 heavy (non-hydrogen) atoms. The number of pyridine rings is 3. The van der Waals surface area contributed by atoms with E-state index in [9.17, 15) is 10.1 Å². The zero-order valence-electron chi connectivity index (χ0n) is 28.6. The standard InChI is InChI=1S/C30H23N5O.C10H9N.C2H6/c1-30(2,18-31)22-9-11-23(12-10-22)35-28-24-15-19(21-14-20-6-4-5-7-25(20)32-16-21)8-13-26(24)33-17-27(28)34(3)29(35)36;1-8-6-7-11-10-5-3-2-4-9(8)10;1-2/h4-17H,1-3H3;2-7H,1H3;1-2H3. The monoisotopic (exact) mass is 642 g/mol. The first-order chi connectivity index (χ1) is 23.7. The molecule has 8 rings (SSSR count). The quantitative estimate of drug-likeness (QED) is 0.192. The molecule has 0 amide bonds. The highest BCUT2D eigenvalue weighted by molar-refractivity contribution is 6.05. The third kappa shape index (κ3) is 6.17. The van der Waals surface area contributed by atoms with Gasteiger partial charge in [-0.05, 0) is 86.0 Å². The summed E-state index contributed by atoms with van der Waals surface area (Å²) in [5, 5.41) is 12.7. The van der Waals surface area contributed by atoms with Gasteiger partial charge in [-0.15, -0.1) is 0 Å². The number of aromatic nitrogens is 5. The molecule has 0 N–H and O–H groups in total. The maximum Gasteiger partial charge on any atom is 0.333 e. The van der Waals surface area contributed by atoms with E-state index in [0.29, 0.717) is 0 Å². The summed E-state index contributed by atoms with van der Waals surface area (Å²) in [6.45, 7) is 9.87. The van der Waals surface area contributed by atoms with Gasteiger partial charge in [-0.2, -0.15) is 5.26 Å². The lowest BCUT2D eigenvalue weighted by molar-refractivity contribution is 0.686. The molecule has 4 heterocycles. The Bertz CT molecular complexity index is 2550. The molecule has 4 aromatic heterocycles. The van der Waals surface area contributed by atoms with Crippen molar-refractivity contribution in [1.82, 2.24) is 24.1 Å². The summed E-state index contributed by atoms with van der Waals surface area (Å²) in [7, 11) is 1.76. The van der Waals surface area contributed by atoms with Gasteiger partial charge >= 0.3 is 5.69 Å². The number of hydrogen-bond donors (Lipinski definition) is 0. The van der Waals surface area contributed by atoms with Crippen LogP contribution in [0.2, 0.25) is 0 Å². The predicted molar refractivity (Wildman–Crippen MR) is 201 cm³/mol. The van der Waals surface area contributed by atoms with Crippen LogP contribution in [0.5, 0.6) is 0 Å². The highest BCUT2D eigenvalue weighted by Gasteiger charge is 2.21. The molecule has 8 aromatic rings. The van der Waals surface area contributed by atoms with Gasteiger partial charge in [0.15, 0.2) is 0 Å². The first-order valence-electron chi connectivity index (χ1n) is 16.4. The van der Waals surface area contributed by atoms with Gasteiger partial charge in [0.2, 0.25) is 0 Å². The molecule has 0 radical (unpaired) electrons. The molecular weight excluding hydrogens is 605 g/mol. The van der Waals surface area contributed by atoms with Crippen molar-refractivity contribution in [2.24, 2.45) is 7.05 Å². The van der Waals surface area contributed by atoms with Crippen LogP contribution in [0.4, 0.5) is 0 Å². The lowest BCUT2D eigenvalue weighted by atomic mass is 9.86. The molecule has 0 spiro atoms. The molecule has 0 aliphatic heterocycles. The summed E-state index contributed by atoms with van der Waals surface area (Å²) < 4.78 is 3.35. The van der Waals surface area contributed by atoms with Crippen molar-refractivity contribution in [3.8, 4) is 22.9 Å². The third-order valence-electron chi connectivity index (χ3n) is 8.80. The van der Waals surface area contributed by atoms with E-state index in [1.807, 2.05) is 119 Å². The molecule has 0 bridgehead atoms. The van der Waals surface area contributed by atoms with Gasteiger partial charge in [-0.1, -0.05) is 68.4 Å². The summed E-state index contributed by atoms with van der Waals surface area (Å²) >= 11 is 0. The van der Waals surface area contributed by atoms with E-state index in [1.54, 1.807) is 22.4 Å². The Morgan fingerprint density at radius 1 is 0.714 bits per heavy atom. The zero-order chi connectivity index (χ0) is 34.7. The minimum atomic E-state index is -0.609. The van der Waals surface area contributed by atoms with Crippen LogP contribution >= 0.6 is 0 Å². The van der Waals surface area contributed by atoms with Gasteiger partial charge in [0.25, 0.3) is 0 Å². The molecule has 7 nitrogen and oxygen atoms in total. The van der Waals surface area contributed by atoms with Crippen molar-refractivity contribution in [2.75, 3.05) is 0 Å². The largest absolute Gasteiger partial charge is 0.333 e. The number of aryl methyl sites for hydroxylation is 2. The Labute approximate surface area is 285 Å². The lowest BCUT2D eigenvalue weighted by Crippen LogP contribution is -2.21. The number of imidazole rings is 1. The molecule has 0 atom stereocenters. The van der Waals surface area contributed by atoms with Crippen LogP contribution in [0.15, 0.2) is 127 Å². The maximum atomic E-state index is 13.4. The minimum Gasteiger partial charge on any atom is -0.293 e. The first kappa shape index (κ1) is 32.8. The molecule has 0 aliphatic carbocycles. The molecule has 242 valence electrons. The second kappa shape index (κ2) is 13.5. The molecule has 0 unspecified atom stereocenters. The van der Waals surface area contributed by atoms with E-state index in [0.717, 1.165) is 60.7 Å². The summed E-state index contributed by atoms with van der Waals surface area (Å²) in [6, 6.07) is 36.4. The zero-order valence-corrected chi connectivity index (χ0v) is 28.6. The van der Waals surface area contributed by atoms with Crippen molar-refractivity contribution in [1.29, 1.82) is 5.26 Å². The Hall–Kier alpha value is -6.13. The van der Waals surface area contributed by atoms with Crippen LogP contribution in [0, 0.1) is 18.3 Å². The Balaban J connectivity index is 0.000000269. The molecule has 7 heteroatoms. The minimum absolute atomic E-state index is 0.149. The number of nitrogens with zero attached hydrogens (tertiary/aromatic N) is 6. The average molecular weight is 643 g/mol. The van der Waals surface area contributed by atoms with Gasteiger partial charge in [-0.3, -0.25) is 24.1 Å². The van der Waals surface area contributed by atoms with E-state index in [1.165, 1.54) is 10.9 Å². The van der Waals surface area contributed by atoms with Gasteiger partial charge in [0, 0.05) is 41.2 Å². The second-order valence-corrected chi connectivity index (χ2v) is 12.2. The number of fused-ring (bicyclic) bond motifs is 5. The summed E-state index contributed by atoms with van der Waals surface area (Å²) in [4.78, 5) is 26.9. The van der Waals surface area contributed by atoms with Gasteiger partial charge in [-0.25, -0.2) is 4.79 Å². The van der Waals surface area contributed by atoms with E-state index < -0.39 is 5.41 Å². The van der Waals surface area contributed by atoms with Crippen molar-refractivity contribution in [2.45, 2.75) is 40.0 Å². The maximum absolute atomic E-state index is 13.4. The summed E-state index contributed by atoms with van der Waals surface area (Å²) in [6.07, 6.45) is 5.47. The number of rotatable bonds is 3. The molecular formula is C42H38N6O. The third-order valence-corrected chi connectivity index (χ3v) is 8.80. The van der Waals surface area contributed by atoms with E-state index >= 15 is 0 Å². The van der Waals surface area contributed by atoms with Crippen LogP contribution in [-0.4, -0.2) is 24.1 Å². The SMILES string of the molecule is CC.Cc1ccnc2ccccc12.Cn1c(=O)n(-c2ccc(C(C)(C)C#N)cc2)c2c3cc(-c4cnc5ccccc5c4)ccc3ncc21. The summed E-state index contributed by atoms with van der Waals surface area (Å²) in [5.41, 5.74) is 8.57. The highest BCUT2D eigenvalue weighted by Crippen LogP contribution is 2.31. The van der Waals surface area contributed by atoms with E-state index in [-0.39, 0.29) is 5.69 Å². The van der Waals surface area contributed by atoms with E-state index in [4.69, 9.17) is 0 Å². The fourth-order valence-electron chi connectivity index (χ4n) is 5.98. The fraction of sp³-hybridized carbons (Fsp3) is 0.167. The van der Waals surface area contributed by atoms with Gasteiger partial charge < -0.3 is 0 Å². The highest BCUT2D eigenvalue weighted by atomic mass is 16.1. The Morgan fingerprint density at radius 2 is 1.39 bits per heavy atom. The normalized spacial score (nSPS) is 11.1. The van der Waals surface area contributed by atoms with Crippen LogP contribution < -0.4 is 5.69 Å². The van der Waals surface area contributed by atoms with Gasteiger partial charge in [0.1, 0.15) is 0 Å². The lowest BCUT2D eigenvalue weighted by Gasteiger charge is -2.16. The predicted octanol–water partition coefficient (Wildman–Crippen LogP) is 9.46. The Kier molecular flexibility index (Phi) is 9.06. The summed E-state index contributed by atoms with van der Waals surface area (Å²) in [5.74, 6) is 0. The van der Waals surface area contributed by atoms with Crippen LogP contribution in [0.3, 0.4) is 0 Å². The molecule has 0 saturated heterocycles. The Morgan fingerprint density at radius 3 is 2.12 bits per heavy atom. The average Bonchev–Trinajstić information content (AvgIpc) is 3.41. The van der Waals surface area contributed by atoms with Crippen LogP contribution in [0.25, 0.3) is 60.6 Å². The first-order valence-corrected chi connectivity index (χ1v) is 16.4. The van der Waals surface area contributed by atoms with Crippen molar-refractivity contribution < 1.29 is 0 Å². The van der Waals surface area contributed by atoms with Crippen LogP contribution in [-0.2, 0) is 12.5 Å². The molecule has 4 aromatic carbocycles.